The Hall–Kier alpha value is -2.81. The number of nitrogens with one attached hydrogen (secondary N) is 1. The minimum atomic E-state index is -0.542. The Kier molecular flexibility index (Phi) is 5.80. The van der Waals surface area contributed by atoms with E-state index in [1.54, 1.807) is 18.2 Å². The van der Waals surface area contributed by atoms with Gasteiger partial charge in [0.1, 0.15) is 11.5 Å². The molecule has 1 aliphatic carbocycles. The first-order valence-corrected chi connectivity index (χ1v) is 8.97. The van der Waals surface area contributed by atoms with Gasteiger partial charge in [-0.2, -0.15) is 4.98 Å². The molecule has 1 aromatic heterocycles. The molecule has 144 valence electrons. The van der Waals surface area contributed by atoms with E-state index in [0.29, 0.717) is 17.7 Å². The molecule has 27 heavy (non-hydrogen) atoms. The van der Waals surface area contributed by atoms with Gasteiger partial charge >= 0.3 is 5.69 Å². The molecule has 1 fully saturated rings. The van der Waals surface area contributed by atoms with Gasteiger partial charge < -0.3 is 16.8 Å². The Morgan fingerprint density at radius 2 is 1.93 bits per heavy atom. The maximum atomic E-state index is 13.8. The Morgan fingerprint density at radius 3 is 2.59 bits per heavy atom. The summed E-state index contributed by atoms with van der Waals surface area (Å²) in [5.74, 6) is -0.103. The Morgan fingerprint density at radius 1 is 1.22 bits per heavy atom. The molecular weight excluding hydrogens is 351 g/mol. The van der Waals surface area contributed by atoms with Gasteiger partial charge in [0, 0.05) is 18.2 Å². The third-order valence-corrected chi connectivity index (χ3v) is 4.93. The van der Waals surface area contributed by atoms with E-state index in [1.807, 2.05) is 0 Å². The summed E-state index contributed by atoms with van der Waals surface area (Å²) < 4.78 is 13.8. The zero-order chi connectivity index (χ0) is 19.4. The third-order valence-electron chi connectivity index (χ3n) is 4.93. The van der Waals surface area contributed by atoms with Crippen molar-refractivity contribution in [3.63, 3.8) is 0 Å². The Bertz CT molecular complexity index is 823. The largest absolute Gasteiger partial charge is 0.378 e. The van der Waals surface area contributed by atoms with Crippen LogP contribution in [0.5, 0.6) is 0 Å². The van der Waals surface area contributed by atoms with Crippen molar-refractivity contribution in [3.8, 4) is 0 Å². The van der Waals surface area contributed by atoms with Gasteiger partial charge in [-0.15, -0.1) is 0 Å². The summed E-state index contributed by atoms with van der Waals surface area (Å²) in [6.07, 6.45) is 4.05. The second-order valence-electron chi connectivity index (χ2n) is 6.91. The summed E-state index contributed by atoms with van der Waals surface area (Å²) in [6.45, 7) is 0.154. The number of nitrogens with two attached hydrogens (primary N) is 2. The smallest absolute Gasteiger partial charge is 0.332 e. The van der Waals surface area contributed by atoms with Gasteiger partial charge in [0.25, 0.3) is 0 Å². The summed E-state index contributed by atoms with van der Waals surface area (Å²) >= 11 is 0. The van der Waals surface area contributed by atoms with E-state index in [2.05, 4.69) is 15.3 Å². The van der Waals surface area contributed by atoms with Crippen LogP contribution in [0.2, 0.25) is 0 Å². The van der Waals surface area contributed by atoms with Gasteiger partial charge in [-0.1, -0.05) is 18.2 Å². The van der Waals surface area contributed by atoms with Gasteiger partial charge in [0.05, 0.1) is 4.92 Å². The van der Waals surface area contributed by atoms with Crippen LogP contribution in [0.1, 0.15) is 36.9 Å². The van der Waals surface area contributed by atoms with E-state index in [0.717, 1.165) is 25.7 Å². The van der Waals surface area contributed by atoms with Crippen molar-refractivity contribution < 1.29 is 9.31 Å². The van der Waals surface area contributed by atoms with Crippen molar-refractivity contribution in [2.24, 2.45) is 11.7 Å². The molecule has 0 amide bonds. The number of anilines is 2. The second-order valence-corrected chi connectivity index (χ2v) is 6.91. The van der Waals surface area contributed by atoms with Gasteiger partial charge in [0.15, 0.2) is 0 Å². The first kappa shape index (κ1) is 19.0. The molecule has 0 radical (unpaired) electrons. The molecule has 1 saturated carbocycles. The minimum absolute atomic E-state index is 0.154. The predicted octanol–water partition coefficient (Wildman–Crippen LogP) is 2.78. The van der Waals surface area contributed by atoms with Gasteiger partial charge in [0.2, 0.25) is 11.8 Å². The number of nitro groups is 1. The van der Waals surface area contributed by atoms with Gasteiger partial charge in [-0.05, 0) is 44.1 Å². The molecule has 0 unspecified atom stereocenters. The highest BCUT2D eigenvalue weighted by atomic mass is 19.1. The number of halogens is 1. The highest BCUT2D eigenvalue weighted by Crippen LogP contribution is 2.31. The zero-order valence-electron chi connectivity index (χ0n) is 14.9. The fraction of sp³-hybridized carbons (Fsp3) is 0.444. The van der Waals surface area contributed by atoms with E-state index < -0.39 is 4.92 Å². The number of aromatic nitrogens is 2. The van der Waals surface area contributed by atoms with E-state index in [9.17, 15) is 14.5 Å². The molecule has 1 heterocycles. The molecule has 0 aliphatic heterocycles. The average molecular weight is 374 g/mol. The molecule has 2 aromatic rings. The van der Waals surface area contributed by atoms with Crippen LogP contribution in [0.3, 0.4) is 0 Å². The SMILES string of the molecule is Nc1nc(NCc2ccccc2F)nc(CC2CCC(N)CC2)c1[N+](=O)[O-]. The molecule has 0 saturated heterocycles. The number of hydrogen-bond donors (Lipinski definition) is 3. The highest BCUT2D eigenvalue weighted by Gasteiger charge is 2.27. The molecule has 8 nitrogen and oxygen atoms in total. The number of nitrogens with zero attached hydrogens (tertiary/aromatic N) is 3. The molecule has 3 rings (SSSR count). The van der Waals surface area contributed by atoms with Crippen LogP contribution in [-0.4, -0.2) is 20.9 Å². The highest BCUT2D eigenvalue weighted by molar-refractivity contribution is 5.58. The van der Waals surface area contributed by atoms with Crippen molar-refractivity contribution in [2.45, 2.75) is 44.7 Å². The predicted molar refractivity (Wildman–Crippen MR) is 100 cm³/mol. The molecule has 5 N–H and O–H groups in total. The minimum Gasteiger partial charge on any atom is -0.378 e. The summed E-state index contributed by atoms with van der Waals surface area (Å²) in [4.78, 5) is 19.2. The van der Waals surface area contributed by atoms with E-state index >= 15 is 0 Å². The third kappa shape index (κ3) is 4.68. The monoisotopic (exact) mass is 374 g/mol. The van der Waals surface area contributed by atoms with Crippen LogP contribution < -0.4 is 16.8 Å². The Labute approximate surface area is 156 Å². The summed E-state index contributed by atoms with van der Waals surface area (Å²) in [6, 6.07) is 6.53. The van der Waals surface area contributed by atoms with Crippen LogP contribution in [0.25, 0.3) is 0 Å². The number of hydrogen-bond acceptors (Lipinski definition) is 7. The number of rotatable bonds is 6. The molecular formula is C18H23FN6O2. The molecule has 0 spiro atoms. The molecule has 0 atom stereocenters. The Balaban J connectivity index is 1.80. The maximum absolute atomic E-state index is 13.8. The molecule has 9 heteroatoms. The van der Waals surface area contributed by atoms with Crippen molar-refractivity contribution in [2.75, 3.05) is 11.1 Å². The molecule has 1 aliphatic rings. The van der Waals surface area contributed by atoms with Gasteiger partial charge in [-0.3, -0.25) is 10.1 Å². The van der Waals surface area contributed by atoms with Crippen LogP contribution >= 0.6 is 0 Å². The van der Waals surface area contributed by atoms with E-state index in [-0.39, 0.29) is 41.8 Å². The first-order valence-electron chi connectivity index (χ1n) is 8.97. The quantitative estimate of drug-likeness (QED) is 0.523. The first-order chi connectivity index (χ1) is 12.9. The summed E-state index contributed by atoms with van der Waals surface area (Å²) in [7, 11) is 0. The van der Waals surface area contributed by atoms with Crippen LogP contribution in [0.4, 0.5) is 21.8 Å². The lowest BCUT2D eigenvalue weighted by Gasteiger charge is -2.25. The lowest BCUT2D eigenvalue weighted by molar-refractivity contribution is -0.385. The fourth-order valence-corrected chi connectivity index (χ4v) is 3.42. The molecule has 0 bridgehead atoms. The summed E-state index contributed by atoms with van der Waals surface area (Å²) in [5.41, 5.74) is 12.3. The van der Waals surface area contributed by atoms with Crippen LogP contribution in [0.15, 0.2) is 24.3 Å². The second kappa shape index (κ2) is 8.26. The van der Waals surface area contributed by atoms with Crippen LogP contribution in [-0.2, 0) is 13.0 Å². The summed E-state index contributed by atoms with van der Waals surface area (Å²) in [5, 5.41) is 14.3. The van der Waals surface area contributed by atoms with Gasteiger partial charge in [-0.25, -0.2) is 9.37 Å². The topological polar surface area (TPSA) is 133 Å². The zero-order valence-corrected chi connectivity index (χ0v) is 14.9. The van der Waals surface area contributed by atoms with E-state index in [4.69, 9.17) is 11.5 Å². The average Bonchev–Trinajstić information content (AvgIpc) is 2.62. The number of benzene rings is 1. The van der Waals surface area contributed by atoms with Crippen LogP contribution in [0, 0.1) is 21.8 Å². The standard InChI is InChI=1S/C18H23FN6O2/c19-14-4-2-1-3-12(14)10-22-18-23-15(16(25(26)27)17(21)24-18)9-11-5-7-13(20)8-6-11/h1-4,11,13H,5-10,20H2,(H3,21,22,23,24). The van der Waals surface area contributed by atoms with Crippen molar-refractivity contribution in [1.82, 2.24) is 9.97 Å². The normalized spacial score (nSPS) is 19.6. The molecule has 1 aromatic carbocycles. The van der Waals surface area contributed by atoms with E-state index in [1.165, 1.54) is 6.07 Å². The van der Waals surface area contributed by atoms with Crippen molar-refractivity contribution in [3.05, 3.63) is 51.5 Å². The van der Waals surface area contributed by atoms with Crippen molar-refractivity contribution >= 4 is 17.5 Å². The lowest BCUT2D eigenvalue weighted by atomic mass is 9.83. The maximum Gasteiger partial charge on any atom is 0.332 e. The van der Waals surface area contributed by atoms with Crippen molar-refractivity contribution in [1.29, 1.82) is 0 Å². The number of nitrogen functional groups attached to an aromatic ring is 1. The lowest BCUT2D eigenvalue weighted by Crippen LogP contribution is -2.27. The fourth-order valence-electron chi connectivity index (χ4n) is 3.42.